The van der Waals surface area contributed by atoms with Gasteiger partial charge in [0.1, 0.15) is 11.7 Å². The van der Waals surface area contributed by atoms with E-state index in [0.29, 0.717) is 24.3 Å². The highest BCUT2D eigenvalue weighted by Gasteiger charge is 2.33. The number of hydrogen-bond donors (Lipinski definition) is 0. The van der Waals surface area contributed by atoms with Crippen LogP contribution in [-0.2, 0) is 4.79 Å². The van der Waals surface area contributed by atoms with Crippen molar-refractivity contribution in [3.63, 3.8) is 0 Å². The van der Waals surface area contributed by atoms with Gasteiger partial charge in [0.05, 0.1) is 0 Å². The number of hydrogen-bond acceptors (Lipinski definition) is 1. The van der Waals surface area contributed by atoms with Crippen LogP contribution in [0.15, 0.2) is 35.5 Å². The van der Waals surface area contributed by atoms with E-state index in [0.717, 1.165) is 56.7 Å². The standard InChI is InChI=1S/C20H27F2NO/c1-2-9-23(19-7-8-19)20(24)10-14-3-5-15(6-4-14)16-11-17(21)13-18(22)12-16/h5,11,13-14,16,19H,2-4,6-10,12H2,1H3. The van der Waals surface area contributed by atoms with E-state index in [-0.39, 0.29) is 18.2 Å². The molecule has 2 unspecified atom stereocenters. The summed E-state index contributed by atoms with van der Waals surface area (Å²) in [5.41, 5.74) is 1.13. The van der Waals surface area contributed by atoms with Crippen LogP contribution in [0.2, 0.25) is 0 Å². The normalized spacial score (nSPS) is 27.2. The molecular formula is C20H27F2NO. The fraction of sp³-hybridized carbons (Fsp3) is 0.650. The van der Waals surface area contributed by atoms with E-state index in [9.17, 15) is 13.6 Å². The first-order valence-electron chi connectivity index (χ1n) is 9.28. The number of nitrogens with zero attached hydrogens (tertiary/aromatic N) is 1. The van der Waals surface area contributed by atoms with Gasteiger partial charge in [-0.3, -0.25) is 4.79 Å². The van der Waals surface area contributed by atoms with Crippen LogP contribution < -0.4 is 0 Å². The predicted octanol–water partition coefficient (Wildman–Crippen LogP) is 5.23. The molecule has 1 amide bonds. The molecule has 2 nitrogen and oxygen atoms in total. The Labute approximate surface area is 143 Å². The van der Waals surface area contributed by atoms with Crippen molar-refractivity contribution in [1.29, 1.82) is 0 Å². The number of allylic oxidation sites excluding steroid dienone is 6. The molecule has 1 fully saturated rings. The van der Waals surface area contributed by atoms with Crippen molar-refractivity contribution in [2.45, 2.75) is 64.3 Å². The van der Waals surface area contributed by atoms with Gasteiger partial charge in [-0.2, -0.15) is 0 Å². The molecule has 0 heterocycles. The van der Waals surface area contributed by atoms with Crippen molar-refractivity contribution in [2.24, 2.45) is 11.8 Å². The molecule has 2 atom stereocenters. The summed E-state index contributed by atoms with van der Waals surface area (Å²) < 4.78 is 26.8. The van der Waals surface area contributed by atoms with Crippen molar-refractivity contribution >= 4 is 5.91 Å². The Bertz CT molecular complexity index is 574. The topological polar surface area (TPSA) is 20.3 Å². The van der Waals surface area contributed by atoms with Crippen LogP contribution in [0.4, 0.5) is 8.78 Å². The van der Waals surface area contributed by atoms with Crippen LogP contribution in [0.3, 0.4) is 0 Å². The Hall–Kier alpha value is -1.45. The molecule has 0 spiro atoms. The highest BCUT2D eigenvalue weighted by atomic mass is 19.1. The molecule has 0 aliphatic heterocycles. The highest BCUT2D eigenvalue weighted by Crippen LogP contribution is 2.37. The third-order valence-electron chi connectivity index (χ3n) is 5.34. The van der Waals surface area contributed by atoms with Gasteiger partial charge in [-0.25, -0.2) is 8.78 Å². The number of carbonyl (C=O) groups is 1. The fourth-order valence-corrected chi connectivity index (χ4v) is 3.89. The monoisotopic (exact) mass is 335 g/mol. The lowest BCUT2D eigenvalue weighted by molar-refractivity contribution is -0.132. The number of halogens is 2. The summed E-state index contributed by atoms with van der Waals surface area (Å²) in [6.07, 6.45) is 11.5. The lowest BCUT2D eigenvalue weighted by atomic mass is 9.80. The van der Waals surface area contributed by atoms with E-state index in [1.807, 2.05) is 0 Å². The summed E-state index contributed by atoms with van der Waals surface area (Å²) in [4.78, 5) is 14.6. The molecule has 3 aliphatic carbocycles. The molecule has 0 radical (unpaired) electrons. The van der Waals surface area contributed by atoms with Gasteiger partial charge in [0.2, 0.25) is 5.91 Å². The summed E-state index contributed by atoms with van der Waals surface area (Å²) in [7, 11) is 0. The molecular weight excluding hydrogens is 308 g/mol. The summed E-state index contributed by atoms with van der Waals surface area (Å²) >= 11 is 0. The molecule has 24 heavy (non-hydrogen) atoms. The number of rotatable bonds is 6. The molecule has 3 aliphatic rings. The average molecular weight is 335 g/mol. The third-order valence-corrected chi connectivity index (χ3v) is 5.34. The molecule has 0 aromatic rings. The second kappa shape index (κ2) is 7.62. The molecule has 132 valence electrons. The van der Waals surface area contributed by atoms with E-state index < -0.39 is 5.83 Å². The van der Waals surface area contributed by atoms with Gasteiger partial charge in [0, 0.05) is 37.4 Å². The minimum Gasteiger partial charge on any atom is -0.340 e. The van der Waals surface area contributed by atoms with Crippen LogP contribution in [0, 0.1) is 11.8 Å². The summed E-state index contributed by atoms with van der Waals surface area (Å²) in [5, 5.41) is 0. The van der Waals surface area contributed by atoms with E-state index in [2.05, 4.69) is 17.9 Å². The zero-order chi connectivity index (χ0) is 17.1. The average Bonchev–Trinajstić information content (AvgIpc) is 3.37. The Balaban J connectivity index is 1.53. The Morgan fingerprint density at radius 1 is 1.29 bits per heavy atom. The predicted molar refractivity (Wildman–Crippen MR) is 91.6 cm³/mol. The third kappa shape index (κ3) is 4.34. The first kappa shape index (κ1) is 17.4. The lowest BCUT2D eigenvalue weighted by Crippen LogP contribution is -2.35. The van der Waals surface area contributed by atoms with E-state index in [1.54, 1.807) is 0 Å². The summed E-state index contributed by atoms with van der Waals surface area (Å²) in [6, 6.07) is 0.484. The fourth-order valence-electron chi connectivity index (χ4n) is 3.89. The zero-order valence-corrected chi connectivity index (χ0v) is 14.4. The van der Waals surface area contributed by atoms with Crippen molar-refractivity contribution in [3.05, 3.63) is 35.5 Å². The Morgan fingerprint density at radius 3 is 2.67 bits per heavy atom. The van der Waals surface area contributed by atoms with Crippen LogP contribution in [0.25, 0.3) is 0 Å². The molecule has 0 N–H and O–H groups in total. The Morgan fingerprint density at radius 2 is 2.08 bits per heavy atom. The lowest BCUT2D eigenvalue weighted by Gasteiger charge is -2.28. The molecule has 0 aromatic carbocycles. The van der Waals surface area contributed by atoms with Gasteiger partial charge in [-0.1, -0.05) is 18.6 Å². The smallest absolute Gasteiger partial charge is 0.223 e. The van der Waals surface area contributed by atoms with Crippen LogP contribution in [-0.4, -0.2) is 23.4 Å². The molecule has 1 saturated carbocycles. The summed E-state index contributed by atoms with van der Waals surface area (Å²) in [5.74, 6) is -0.329. The second-order valence-electron chi connectivity index (χ2n) is 7.40. The molecule has 0 saturated heterocycles. The second-order valence-corrected chi connectivity index (χ2v) is 7.40. The van der Waals surface area contributed by atoms with E-state index in [4.69, 9.17) is 0 Å². The SMILES string of the molecule is CCCN(C(=O)CC1CC=C(C2C=C(F)C=C(F)C2)CC1)C1CC1. The number of carbonyl (C=O) groups excluding carboxylic acids is 1. The molecule has 3 rings (SSSR count). The molecule has 0 aromatic heterocycles. The maximum absolute atomic E-state index is 13.4. The zero-order valence-electron chi connectivity index (χ0n) is 14.4. The Kier molecular flexibility index (Phi) is 5.52. The van der Waals surface area contributed by atoms with E-state index >= 15 is 0 Å². The van der Waals surface area contributed by atoms with Crippen LogP contribution in [0.5, 0.6) is 0 Å². The van der Waals surface area contributed by atoms with Crippen molar-refractivity contribution in [3.8, 4) is 0 Å². The van der Waals surface area contributed by atoms with Gasteiger partial charge in [0.25, 0.3) is 0 Å². The maximum Gasteiger partial charge on any atom is 0.223 e. The molecule has 4 heteroatoms. The molecule has 0 bridgehead atoms. The van der Waals surface area contributed by atoms with Gasteiger partial charge in [-0.15, -0.1) is 0 Å². The van der Waals surface area contributed by atoms with Gasteiger partial charge in [0.15, 0.2) is 0 Å². The summed E-state index contributed by atoms with van der Waals surface area (Å²) in [6.45, 7) is 2.98. The van der Waals surface area contributed by atoms with Gasteiger partial charge >= 0.3 is 0 Å². The van der Waals surface area contributed by atoms with Gasteiger partial charge in [-0.05, 0) is 50.5 Å². The van der Waals surface area contributed by atoms with Crippen LogP contribution in [0.1, 0.15) is 58.3 Å². The van der Waals surface area contributed by atoms with Crippen molar-refractivity contribution in [2.75, 3.05) is 6.54 Å². The number of amides is 1. The first-order valence-corrected chi connectivity index (χ1v) is 9.28. The minimum atomic E-state index is -0.471. The minimum absolute atomic E-state index is 0.144. The first-order chi connectivity index (χ1) is 11.6. The van der Waals surface area contributed by atoms with Crippen molar-refractivity contribution < 1.29 is 13.6 Å². The maximum atomic E-state index is 13.4. The largest absolute Gasteiger partial charge is 0.340 e. The van der Waals surface area contributed by atoms with Crippen molar-refractivity contribution in [1.82, 2.24) is 4.90 Å². The van der Waals surface area contributed by atoms with Gasteiger partial charge < -0.3 is 4.90 Å². The van der Waals surface area contributed by atoms with Crippen LogP contribution >= 0.6 is 0 Å². The van der Waals surface area contributed by atoms with E-state index in [1.165, 1.54) is 6.08 Å². The highest BCUT2D eigenvalue weighted by molar-refractivity contribution is 5.77. The quantitative estimate of drug-likeness (QED) is 0.609.